The number of nitrogen functional groups attached to an aromatic ring is 3. The Morgan fingerprint density at radius 2 is 1.78 bits per heavy atom. The summed E-state index contributed by atoms with van der Waals surface area (Å²) in [4.78, 5) is 28.4. The number of likely N-dealkylation sites (tertiary alicyclic amines) is 1. The van der Waals surface area contributed by atoms with E-state index in [4.69, 9.17) is 33.2 Å². The largest absolute Gasteiger partial charge is 0.402 e. The van der Waals surface area contributed by atoms with E-state index >= 15 is 0 Å². The second kappa shape index (κ2) is 10.4. The number of rotatable bonds is 5. The van der Waals surface area contributed by atoms with Crippen LogP contribution in [0.5, 0.6) is 0 Å². The number of hydrogen-bond donors (Lipinski definition) is 3. The molecule has 0 radical (unpaired) electrons. The minimum Gasteiger partial charge on any atom is -0.402 e. The molecule has 2 fully saturated rings. The Balaban J connectivity index is 1.23. The van der Waals surface area contributed by atoms with Gasteiger partial charge >= 0.3 is 6.01 Å². The molecule has 0 spiro atoms. The van der Waals surface area contributed by atoms with Crippen molar-refractivity contribution in [2.75, 3.05) is 54.8 Å². The van der Waals surface area contributed by atoms with E-state index in [9.17, 15) is 4.79 Å². The maximum absolute atomic E-state index is 12.9. The van der Waals surface area contributed by atoms with Crippen molar-refractivity contribution < 1.29 is 9.21 Å². The van der Waals surface area contributed by atoms with Gasteiger partial charge in [0.25, 0.3) is 11.8 Å². The van der Waals surface area contributed by atoms with E-state index in [2.05, 4.69) is 36.9 Å². The van der Waals surface area contributed by atoms with Gasteiger partial charge in [0.1, 0.15) is 0 Å². The number of piperidine rings is 1. The summed E-state index contributed by atoms with van der Waals surface area (Å²) in [6.07, 6.45) is 2.85. The van der Waals surface area contributed by atoms with Gasteiger partial charge in [-0.3, -0.25) is 9.69 Å². The highest BCUT2D eigenvalue weighted by Gasteiger charge is 2.35. The van der Waals surface area contributed by atoms with Crippen molar-refractivity contribution in [2.45, 2.75) is 38.3 Å². The number of halogens is 1. The first kappa shape index (κ1) is 25.0. The van der Waals surface area contributed by atoms with Crippen LogP contribution in [0.15, 0.2) is 28.7 Å². The summed E-state index contributed by atoms with van der Waals surface area (Å²) in [7, 11) is 0. The Morgan fingerprint density at radius 1 is 1.05 bits per heavy atom. The van der Waals surface area contributed by atoms with Crippen molar-refractivity contribution in [3.8, 4) is 11.6 Å². The number of piperazine rings is 1. The van der Waals surface area contributed by atoms with Gasteiger partial charge in [-0.05, 0) is 43.5 Å². The summed E-state index contributed by atoms with van der Waals surface area (Å²) < 4.78 is 5.22. The molecule has 6 N–H and O–H groups in total. The van der Waals surface area contributed by atoms with Gasteiger partial charge in [-0.25, -0.2) is 9.97 Å². The number of anilines is 4. The van der Waals surface area contributed by atoms with E-state index in [1.807, 2.05) is 4.90 Å². The summed E-state index contributed by atoms with van der Waals surface area (Å²) in [6, 6.07) is 7.77. The van der Waals surface area contributed by atoms with Crippen molar-refractivity contribution in [3.63, 3.8) is 0 Å². The summed E-state index contributed by atoms with van der Waals surface area (Å²) in [5.41, 5.74) is 19.0. The normalized spacial score (nSPS) is 19.4. The van der Waals surface area contributed by atoms with Crippen LogP contribution in [0.25, 0.3) is 11.6 Å². The summed E-state index contributed by atoms with van der Waals surface area (Å²) in [6.45, 7) is 6.00. The number of nitrogens with zero attached hydrogens (tertiary/aromatic N) is 7. The third-order valence-electron chi connectivity index (χ3n) is 7.18. The monoisotopic (exact) mass is 526 g/mol. The molecular weight excluding hydrogens is 496 g/mol. The molecule has 0 aliphatic carbocycles. The fourth-order valence-corrected chi connectivity index (χ4v) is 5.47. The highest BCUT2D eigenvalue weighted by Crippen LogP contribution is 2.32. The number of nitrogens with two attached hydrogens (primary N) is 3. The van der Waals surface area contributed by atoms with E-state index in [0.29, 0.717) is 29.2 Å². The van der Waals surface area contributed by atoms with Crippen molar-refractivity contribution in [2.24, 2.45) is 0 Å². The number of carbonyl (C=O) groups excluding carboxylic acids is 1. The molecule has 2 aliphatic heterocycles. The number of hydrogen-bond acceptors (Lipinski definition) is 11. The molecule has 3 aromatic rings. The molecule has 12 nitrogen and oxygen atoms in total. The van der Waals surface area contributed by atoms with Gasteiger partial charge in [0.2, 0.25) is 0 Å². The van der Waals surface area contributed by atoms with Gasteiger partial charge in [-0.1, -0.05) is 23.6 Å². The number of carbonyl (C=O) groups is 1. The number of benzene rings is 1. The van der Waals surface area contributed by atoms with Crippen LogP contribution < -0.4 is 22.1 Å². The molecule has 0 bridgehead atoms. The molecular formula is C24H31ClN10O2. The zero-order valence-corrected chi connectivity index (χ0v) is 21.4. The van der Waals surface area contributed by atoms with E-state index < -0.39 is 0 Å². The van der Waals surface area contributed by atoms with E-state index in [1.54, 1.807) is 24.3 Å². The van der Waals surface area contributed by atoms with Gasteiger partial charge in [-0.15, -0.1) is 5.10 Å². The zero-order chi connectivity index (χ0) is 26.1. The average Bonchev–Trinajstić information content (AvgIpc) is 3.35. The predicted octanol–water partition coefficient (Wildman–Crippen LogP) is 2.13. The third kappa shape index (κ3) is 5.12. The molecule has 4 heterocycles. The van der Waals surface area contributed by atoms with Crippen LogP contribution in [0.3, 0.4) is 0 Å². The lowest BCUT2D eigenvalue weighted by Gasteiger charge is -2.47. The Bertz CT molecular complexity index is 1260. The van der Waals surface area contributed by atoms with Gasteiger partial charge in [0.15, 0.2) is 22.5 Å². The highest BCUT2D eigenvalue weighted by atomic mass is 35.5. The molecule has 1 amide bonds. The van der Waals surface area contributed by atoms with E-state index in [-0.39, 0.29) is 34.5 Å². The fraction of sp³-hybridized carbons (Fsp3) is 0.458. The molecule has 37 heavy (non-hydrogen) atoms. The van der Waals surface area contributed by atoms with Crippen LogP contribution >= 0.6 is 11.6 Å². The topological polar surface area (TPSA) is 170 Å². The standard InChI is InChI=1S/C24H31ClN10O2/c1-2-16-13-34(21-19(25)29-18(20(27)30-21)22-31-32-24(28)37-22)11-12-35(16)17-7-9-33(10-8-17)23(36)14-3-5-15(26)6-4-14/h3-6,16-17H,2,7-13,26H2,1H3,(H2,27,30)(H2,28,32)/t16-/m0/s1. The number of amides is 1. The van der Waals surface area contributed by atoms with Crippen molar-refractivity contribution in [1.82, 2.24) is 30.0 Å². The number of aromatic nitrogens is 4. The molecule has 2 aromatic heterocycles. The molecule has 0 saturated carbocycles. The predicted molar refractivity (Wildman–Crippen MR) is 142 cm³/mol. The van der Waals surface area contributed by atoms with Gasteiger partial charge in [-0.2, -0.15) is 0 Å². The van der Waals surface area contributed by atoms with E-state index in [1.165, 1.54) is 0 Å². The lowest BCUT2D eigenvalue weighted by Crippen LogP contribution is -2.58. The molecule has 1 aromatic carbocycles. The van der Waals surface area contributed by atoms with Crippen molar-refractivity contribution in [1.29, 1.82) is 0 Å². The highest BCUT2D eigenvalue weighted by molar-refractivity contribution is 6.32. The quantitative estimate of drug-likeness (QED) is 0.416. The first-order chi connectivity index (χ1) is 17.8. The minimum absolute atomic E-state index is 0.0628. The van der Waals surface area contributed by atoms with Crippen molar-refractivity contribution in [3.05, 3.63) is 35.0 Å². The van der Waals surface area contributed by atoms with Crippen LogP contribution in [-0.4, -0.2) is 80.7 Å². The lowest BCUT2D eigenvalue weighted by atomic mass is 9.97. The Kier molecular flexibility index (Phi) is 7.02. The first-order valence-corrected chi connectivity index (χ1v) is 12.8. The second-order valence-electron chi connectivity index (χ2n) is 9.41. The van der Waals surface area contributed by atoms with Gasteiger partial charge in [0, 0.05) is 56.1 Å². The molecule has 5 rings (SSSR count). The average molecular weight is 527 g/mol. The van der Waals surface area contributed by atoms with Gasteiger partial charge < -0.3 is 31.4 Å². The SMILES string of the molecule is CC[C@H]1CN(c2nc(N)c(-c3nnc(N)o3)nc2Cl)CCN1C1CCN(C(=O)c2ccc(N)cc2)CC1. The summed E-state index contributed by atoms with van der Waals surface area (Å²) in [5.74, 6) is 0.829. The fourth-order valence-electron chi connectivity index (χ4n) is 5.22. The molecule has 2 saturated heterocycles. The minimum atomic E-state index is -0.0845. The Morgan fingerprint density at radius 3 is 2.43 bits per heavy atom. The smallest absolute Gasteiger partial charge is 0.313 e. The van der Waals surface area contributed by atoms with E-state index in [0.717, 1.165) is 52.0 Å². The molecule has 196 valence electrons. The first-order valence-electron chi connectivity index (χ1n) is 12.4. The second-order valence-corrected chi connectivity index (χ2v) is 9.77. The van der Waals surface area contributed by atoms with Crippen LogP contribution in [-0.2, 0) is 0 Å². The maximum Gasteiger partial charge on any atom is 0.313 e. The molecule has 0 unspecified atom stereocenters. The Hall–Kier alpha value is -3.64. The summed E-state index contributed by atoms with van der Waals surface area (Å²) >= 11 is 6.52. The zero-order valence-electron chi connectivity index (χ0n) is 20.7. The van der Waals surface area contributed by atoms with Crippen LogP contribution in [0, 0.1) is 0 Å². The molecule has 1 atom stereocenters. The van der Waals surface area contributed by atoms with Crippen molar-refractivity contribution >= 4 is 40.8 Å². The van der Waals surface area contributed by atoms with Crippen LogP contribution in [0.4, 0.5) is 23.3 Å². The lowest BCUT2D eigenvalue weighted by molar-refractivity contribution is 0.0491. The molecule has 2 aliphatic rings. The molecule has 13 heteroatoms. The third-order valence-corrected chi connectivity index (χ3v) is 7.44. The summed E-state index contributed by atoms with van der Waals surface area (Å²) in [5, 5.41) is 7.68. The van der Waals surface area contributed by atoms with Crippen LogP contribution in [0.1, 0.15) is 36.5 Å². The van der Waals surface area contributed by atoms with Gasteiger partial charge in [0.05, 0.1) is 0 Å². The maximum atomic E-state index is 12.9. The Labute approximate surface area is 219 Å². The van der Waals surface area contributed by atoms with Crippen LogP contribution in [0.2, 0.25) is 5.15 Å².